The van der Waals surface area contributed by atoms with Gasteiger partial charge in [0.2, 0.25) is 0 Å². The molecule has 1 heterocycles. The van der Waals surface area contributed by atoms with Gasteiger partial charge in [-0.15, -0.1) is 0 Å². The molecule has 6 heteroatoms. The average molecular weight is 187 g/mol. The van der Waals surface area contributed by atoms with E-state index in [0.29, 0.717) is 0 Å². The van der Waals surface area contributed by atoms with E-state index in [1.807, 2.05) is 0 Å². The topological polar surface area (TPSA) is 76.5 Å². The van der Waals surface area contributed by atoms with Crippen LogP contribution in [0.3, 0.4) is 0 Å². The number of carbonyl (C=O) groups excluding carboxylic acids is 1. The minimum atomic E-state index is -1.15. The number of aromatic nitrogens is 1. The molecule has 0 aliphatic rings. The zero-order valence-corrected chi connectivity index (χ0v) is 6.92. The standard InChI is InChI=1S/C6H5NO4S/c1-11-6(10)4-2-3(5(8)9)7-12-4/h2H,1H3,(H,8,9). The van der Waals surface area contributed by atoms with Gasteiger partial charge in [-0.25, -0.2) is 9.59 Å². The minimum absolute atomic E-state index is 0.139. The Bertz CT molecular complexity index is 319. The van der Waals surface area contributed by atoms with E-state index in [0.717, 1.165) is 11.5 Å². The van der Waals surface area contributed by atoms with E-state index in [2.05, 4.69) is 9.11 Å². The van der Waals surface area contributed by atoms with Gasteiger partial charge >= 0.3 is 11.9 Å². The average Bonchev–Trinajstić information content (AvgIpc) is 2.51. The molecule has 1 rings (SSSR count). The quantitative estimate of drug-likeness (QED) is 0.687. The number of ether oxygens (including phenoxy) is 1. The lowest BCUT2D eigenvalue weighted by atomic mass is 10.4. The fourth-order valence-corrected chi connectivity index (χ4v) is 1.22. The predicted octanol–water partition coefficient (Wildman–Crippen LogP) is 0.628. The van der Waals surface area contributed by atoms with Crippen molar-refractivity contribution in [3.05, 3.63) is 16.6 Å². The maximum atomic E-state index is 10.8. The molecule has 0 fully saturated rings. The predicted molar refractivity (Wildman–Crippen MR) is 40.4 cm³/mol. The Morgan fingerprint density at radius 2 is 2.33 bits per heavy atom. The first kappa shape index (κ1) is 8.66. The van der Waals surface area contributed by atoms with Crippen LogP contribution in [-0.2, 0) is 4.74 Å². The molecule has 0 spiro atoms. The van der Waals surface area contributed by atoms with E-state index in [1.54, 1.807) is 0 Å². The van der Waals surface area contributed by atoms with Gasteiger partial charge in [0.05, 0.1) is 7.11 Å². The summed E-state index contributed by atoms with van der Waals surface area (Å²) in [5, 5.41) is 8.44. The summed E-state index contributed by atoms with van der Waals surface area (Å²) < 4.78 is 7.89. The summed E-state index contributed by atoms with van der Waals surface area (Å²) >= 11 is 0.805. The van der Waals surface area contributed by atoms with Gasteiger partial charge < -0.3 is 9.84 Å². The van der Waals surface area contributed by atoms with Crippen molar-refractivity contribution < 1.29 is 19.4 Å². The molecule has 0 amide bonds. The summed E-state index contributed by atoms with van der Waals surface area (Å²) in [6.45, 7) is 0. The molecule has 0 radical (unpaired) electrons. The number of hydrogen-bond donors (Lipinski definition) is 1. The van der Waals surface area contributed by atoms with E-state index in [-0.39, 0.29) is 10.6 Å². The van der Waals surface area contributed by atoms with Gasteiger partial charge in [0.15, 0.2) is 5.69 Å². The van der Waals surface area contributed by atoms with E-state index in [4.69, 9.17) is 5.11 Å². The van der Waals surface area contributed by atoms with Crippen LogP contribution in [0.15, 0.2) is 6.07 Å². The van der Waals surface area contributed by atoms with Crippen LogP contribution in [0.1, 0.15) is 20.2 Å². The minimum Gasteiger partial charge on any atom is -0.476 e. The smallest absolute Gasteiger partial charge is 0.355 e. The third-order valence-electron chi connectivity index (χ3n) is 1.12. The summed E-state index contributed by atoms with van der Waals surface area (Å²) in [6, 6.07) is 1.18. The second kappa shape index (κ2) is 3.31. The van der Waals surface area contributed by atoms with Gasteiger partial charge in [-0.05, 0) is 17.6 Å². The van der Waals surface area contributed by atoms with E-state index in [9.17, 15) is 9.59 Å². The van der Waals surface area contributed by atoms with Crippen LogP contribution in [0.2, 0.25) is 0 Å². The number of carboxylic acids is 1. The molecule has 1 N–H and O–H groups in total. The van der Waals surface area contributed by atoms with E-state index < -0.39 is 11.9 Å². The SMILES string of the molecule is COC(=O)c1cc(C(=O)O)ns1. The molecule has 0 saturated carbocycles. The highest BCUT2D eigenvalue weighted by molar-refractivity contribution is 7.08. The second-order valence-electron chi connectivity index (χ2n) is 1.87. The maximum absolute atomic E-state index is 10.8. The fourth-order valence-electron chi connectivity index (χ4n) is 0.573. The van der Waals surface area contributed by atoms with Crippen LogP contribution in [-0.4, -0.2) is 28.5 Å². The van der Waals surface area contributed by atoms with Crippen LogP contribution in [0.4, 0.5) is 0 Å². The van der Waals surface area contributed by atoms with Crippen LogP contribution < -0.4 is 0 Å². The maximum Gasteiger partial charge on any atom is 0.355 e. The van der Waals surface area contributed by atoms with Crippen molar-refractivity contribution in [1.29, 1.82) is 0 Å². The Hall–Kier alpha value is -1.43. The number of rotatable bonds is 2. The van der Waals surface area contributed by atoms with Crippen molar-refractivity contribution in [2.45, 2.75) is 0 Å². The number of hydrogen-bond acceptors (Lipinski definition) is 5. The third-order valence-corrected chi connectivity index (χ3v) is 1.89. The summed E-state index contributed by atoms with van der Waals surface area (Å²) in [5.41, 5.74) is -0.139. The molecule has 1 aromatic rings. The van der Waals surface area contributed by atoms with Gasteiger partial charge in [-0.1, -0.05) is 0 Å². The molecule has 0 aromatic carbocycles. The zero-order chi connectivity index (χ0) is 9.14. The van der Waals surface area contributed by atoms with Gasteiger partial charge in [-0.3, -0.25) is 0 Å². The summed E-state index contributed by atoms with van der Waals surface area (Å²) in [6.07, 6.45) is 0. The molecule has 5 nitrogen and oxygen atoms in total. The summed E-state index contributed by atoms with van der Waals surface area (Å²) in [5.74, 6) is -1.72. The monoisotopic (exact) mass is 187 g/mol. The Balaban J connectivity index is 2.91. The number of carbonyl (C=O) groups is 2. The molecule has 64 valence electrons. The van der Waals surface area contributed by atoms with Crippen LogP contribution in [0.25, 0.3) is 0 Å². The molecule has 0 aliphatic heterocycles. The first-order chi connectivity index (χ1) is 5.65. The molecule has 0 atom stereocenters. The molecule has 0 unspecified atom stereocenters. The van der Waals surface area contributed by atoms with E-state index >= 15 is 0 Å². The van der Waals surface area contributed by atoms with Gasteiger partial charge in [-0.2, -0.15) is 4.37 Å². The largest absolute Gasteiger partial charge is 0.476 e. The number of aromatic carboxylic acids is 1. The molecule has 0 aliphatic carbocycles. The van der Waals surface area contributed by atoms with E-state index in [1.165, 1.54) is 13.2 Å². The Kier molecular flexibility index (Phi) is 2.39. The van der Waals surface area contributed by atoms with Crippen LogP contribution in [0.5, 0.6) is 0 Å². The Morgan fingerprint density at radius 3 is 2.75 bits per heavy atom. The van der Waals surface area contributed by atoms with Crippen LogP contribution >= 0.6 is 11.5 Å². The van der Waals surface area contributed by atoms with Crippen molar-refractivity contribution >= 4 is 23.5 Å². The molecule has 12 heavy (non-hydrogen) atoms. The first-order valence-electron chi connectivity index (χ1n) is 2.93. The normalized spacial score (nSPS) is 9.42. The lowest BCUT2D eigenvalue weighted by Gasteiger charge is -1.89. The number of esters is 1. The van der Waals surface area contributed by atoms with Crippen molar-refractivity contribution in [1.82, 2.24) is 4.37 Å². The van der Waals surface area contributed by atoms with Gasteiger partial charge in [0.25, 0.3) is 0 Å². The van der Waals surface area contributed by atoms with Crippen molar-refractivity contribution in [3.63, 3.8) is 0 Å². The molecule has 1 aromatic heterocycles. The lowest BCUT2D eigenvalue weighted by Crippen LogP contribution is -1.98. The van der Waals surface area contributed by atoms with Crippen molar-refractivity contribution in [3.8, 4) is 0 Å². The van der Waals surface area contributed by atoms with Crippen molar-refractivity contribution in [2.75, 3.05) is 7.11 Å². The highest BCUT2D eigenvalue weighted by atomic mass is 32.1. The Labute approximate surface area is 71.8 Å². The van der Waals surface area contributed by atoms with Crippen molar-refractivity contribution in [2.24, 2.45) is 0 Å². The van der Waals surface area contributed by atoms with Gasteiger partial charge in [0.1, 0.15) is 4.88 Å². The van der Waals surface area contributed by atoms with Gasteiger partial charge in [0, 0.05) is 0 Å². The fraction of sp³-hybridized carbons (Fsp3) is 0.167. The summed E-state index contributed by atoms with van der Waals surface area (Å²) in [7, 11) is 1.22. The number of carboxylic acid groups (broad SMARTS) is 1. The van der Waals surface area contributed by atoms with Crippen LogP contribution in [0, 0.1) is 0 Å². The zero-order valence-electron chi connectivity index (χ0n) is 6.10. The molecular weight excluding hydrogens is 182 g/mol. The molecule has 0 saturated heterocycles. The highest BCUT2D eigenvalue weighted by Crippen LogP contribution is 2.10. The lowest BCUT2D eigenvalue weighted by molar-refractivity contribution is 0.0606. The highest BCUT2D eigenvalue weighted by Gasteiger charge is 2.13. The second-order valence-corrected chi connectivity index (χ2v) is 2.68. The number of methoxy groups -OCH3 is 1. The third kappa shape index (κ3) is 1.59. The Morgan fingerprint density at radius 1 is 1.67 bits per heavy atom. The molecule has 0 bridgehead atoms. The number of nitrogens with zero attached hydrogens (tertiary/aromatic N) is 1. The molecular formula is C6H5NO4S. The first-order valence-corrected chi connectivity index (χ1v) is 3.71. The summed E-state index contributed by atoms with van der Waals surface area (Å²) in [4.78, 5) is 21.3.